The molecule has 2 N–H and O–H groups in total. The lowest BCUT2D eigenvalue weighted by Crippen LogP contribution is -2.53. The van der Waals surface area contributed by atoms with Gasteiger partial charge >= 0.3 is 17.3 Å². The van der Waals surface area contributed by atoms with Crippen LogP contribution in [-0.2, 0) is 0 Å². The third-order valence-corrected chi connectivity index (χ3v) is 1.63. The largest absolute Gasteiger partial charge is 0.438 e. The molecule has 0 amide bonds. The van der Waals surface area contributed by atoms with Gasteiger partial charge in [0.2, 0.25) is 0 Å². The second-order valence-corrected chi connectivity index (χ2v) is 2.50. The molecular weight excluding hydrogens is 214 g/mol. The minimum atomic E-state index is -5.97. The monoisotopic (exact) mass is 216 g/mol. The lowest BCUT2D eigenvalue weighted by Gasteiger charge is -2.28. The van der Waals surface area contributed by atoms with Crippen molar-refractivity contribution in [2.75, 3.05) is 0 Å². The summed E-state index contributed by atoms with van der Waals surface area (Å²) in [6.45, 7) is 0. The molecule has 0 saturated carbocycles. The maximum atomic E-state index is 11.4. The molecule has 2 nitrogen and oxygen atoms in total. The van der Waals surface area contributed by atoms with Crippen LogP contribution in [0.4, 0.5) is 26.3 Å². The zero-order chi connectivity index (χ0) is 10.2. The Balaban J connectivity index is 4.95. The van der Waals surface area contributed by atoms with Crippen LogP contribution in [-0.4, -0.2) is 26.9 Å². The van der Waals surface area contributed by atoms with Crippen molar-refractivity contribution in [2.45, 2.75) is 17.3 Å². The van der Waals surface area contributed by atoms with Gasteiger partial charge in [0.05, 0.1) is 0 Å². The Morgan fingerprint density at radius 3 is 1.08 bits per heavy atom. The predicted molar refractivity (Wildman–Crippen MR) is 27.3 cm³/mol. The van der Waals surface area contributed by atoms with Crippen LogP contribution in [0.3, 0.4) is 0 Å². The third kappa shape index (κ3) is 1.77. The average molecular weight is 216 g/mol. The summed E-state index contributed by atoms with van der Waals surface area (Å²) in [4.78, 5) is -5.11. The first-order valence-corrected chi connectivity index (χ1v) is 3.02. The third-order valence-electron chi connectivity index (χ3n) is 0.901. The normalized spacial score (nSPS) is 15.0. The molecule has 0 heterocycles. The van der Waals surface area contributed by atoms with Crippen molar-refractivity contribution in [3.63, 3.8) is 0 Å². The molecule has 0 aromatic rings. The van der Waals surface area contributed by atoms with Crippen molar-refractivity contribution < 1.29 is 36.0 Å². The Morgan fingerprint density at radius 2 is 1.08 bits per heavy atom. The van der Waals surface area contributed by atoms with E-state index in [1.54, 1.807) is 0 Å². The fourth-order valence-electron chi connectivity index (χ4n) is 0.264. The van der Waals surface area contributed by atoms with Gasteiger partial charge in [-0.3, -0.25) is 0 Å². The molecule has 0 aliphatic rings. The quantitative estimate of drug-likeness (QED) is 0.400. The summed E-state index contributed by atoms with van der Waals surface area (Å²) < 4.78 is 76.4. The van der Waals surface area contributed by atoms with E-state index in [1.807, 2.05) is 0 Å². The van der Waals surface area contributed by atoms with Crippen molar-refractivity contribution in [1.82, 2.24) is 0 Å². The molecular formula is C3H2F6O2S. The van der Waals surface area contributed by atoms with E-state index in [9.17, 15) is 26.3 Å². The molecule has 0 aliphatic carbocycles. The average Bonchev–Trinajstić information content (AvgIpc) is 1.81. The minimum absolute atomic E-state index is 1.71. The van der Waals surface area contributed by atoms with Gasteiger partial charge in [-0.15, -0.1) is 0 Å². The summed E-state index contributed by atoms with van der Waals surface area (Å²) in [5.74, 6) is 0. The SMILES string of the molecule is OSC(O)(C(F)(F)F)C(F)(F)F. The molecule has 0 aromatic heterocycles. The van der Waals surface area contributed by atoms with Gasteiger partial charge in [0.1, 0.15) is 0 Å². The van der Waals surface area contributed by atoms with E-state index in [4.69, 9.17) is 9.66 Å². The van der Waals surface area contributed by atoms with Crippen LogP contribution in [0.15, 0.2) is 0 Å². The second-order valence-electron chi connectivity index (χ2n) is 1.73. The van der Waals surface area contributed by atoms with Crippen molar-refractivity contribution in [3.8, 4) is 0 Å². The summed E-state index contributed by atoms with van der Waals surface area (Å²) in [7, 11) is 0. The van der Waals surface area contributed by atoms with Gasteiger partial charge < -0.3 is 9.66 Å². The van der Waals surface area contributed by atoms with E-state index >= 15 is 0 Å². The fourth-order valence-corrected chi connectivity index (χ4v) is 0.471. The summed E-state index contributed by atoms with van der Waals surface area (Å²) >= 11 is -1.71. The van der Waals surface area contributed by atoms with E-state index in [1.165, 1.54) is 0 Å². The first-order valence-electron chi connectivity index (χ1n) is 2.24. The molecule has 12 heavy (non-hydrogen) atoms. The molecule has 0 spiro atoms. The lowest BCUT2D eigenvalue weighted by molar-refractivity contribution is -0.328. The Kier molecular flexibility index (Phi) is 2.93. The van der Waals surface area contributed by atoms with Crippen LogP contribution < -0.4 is 0 Å². The van der Waals surface area contributed by atoms with Gasteiger partial charge in [0.25, 0.3) is 0 Å². The van der Waals surface area contributed by atoms with Crippen LogP contribution >= 0.6 is 12.0 Å². The molecule has 0 fully saturated rings. The van der Waals surface area contributed by atoms with E-state index in [-0.39, 0.29) is 0 Å². The summed E-state index contributed by atoms with van der Waals surface area (Å²) in [6, 6.07) is 0. The number of hydrogen-bond donors (Lipinski definition) is 2. The van der Waals surface area contributed by atoms with Gasteiger partial charge in [0.15, 0.2) is 0 Å². The van der Waals surface area contributed by atoms with Gasteiger partial charge in [-0.1, -0.05) is 0 Å². The number of hydrogen-bond acceptors (Lipinski definition) is 3. The summed E-state index contributed by atoms with van der Waals surface area (Å²) in [5.41, 5.74) is 0. The maximum absolute atomic E-state index is 11.4. The second kappa shape index (κ2) is 2.96. The molecule has 0 bridgehead atoms. The Labute approximate surface area is 66.4 Å². The first kappa shape index (κ1) is 11.8. The Morgan fingerprint density at radius 1 is 0.833 bits per heavy atom. The summed E-state index contributed by atoms with van der Waals surface area (Å²) in [6.07, 6.45) is -11.9. The first-order chi connectivity index (χ1) is 5.06. The highest BCUT2D eigenvalue weighted by atomic mass is 32.2. The van der Waals surface area contributed by atoms with Gasteiger partial charge in [0, 0.05) is 12.0 Å². The number of aliphatic hydroxyl groups is 1. The van der Waals surface area contributed by atoms with E-state index < -0.39 is 29.3 Å². The fraction of sp³-hybridized carbons (Fsp3) is 1.00. The Bertz CT molecular complexity index is 147. The molecule has 9 heteroatoms. The number of halogens is 6. The van der Waals surface area contributed by atoms with Crippen molar-refractivity contribution in [1.29, 1.82) is 0 Å². The molecule has 0 radical (unpaired) electrons. The highest BCUT2D eigenvalue weighted by molar-refractivity contribution is 7.95. The molecule has 0 rings (SSSR count). The van der Waals surface area contributed by atoms with E-state index in [0.29, 0.717) is 0 Å². The van der Waals surface area contributed by atoms with E-state index in [2.05, 4.69) is 0 Å². The predicted octanol–water partition coefficient (Wildman–Crippen LogP) is 2.01. The van der Waals surface area contributed by atoms with Crippen molar-refractivity contribution >= 4 is 12.0 Å². The standard InChI is InChI=1S/C3H2F6O2S/c4-2(5,6)1(10,12-11)3(7,8)9/h10-11H. The van der Waals surface area contributed by atoms with Crippen LogP contribution in [0.1, 0.15) is 0 Å². The molecule has 0 aliphatic heterocycles. The maximum Gasteiger partial charge on any atom is 0.438 e. The highest BCUT2D eigenvalue weighted by Crippen LogP contribution is 2.48. The van der Waals surface area contributed by atoms with Crippen LogP contribution in [0.2, 0.25) is 0 Å². The molecule has 0 unspecified atom stereocenters. The molecule has 74 valence electrons. The topological polar surface area (TPSA) is 40.5 Å². The number of rotatable bonds is 1. The van der Waals surface area contributed by atoms with Gasteiger partial charge in [-0.05, 0) is 0 Å². The molecule has 0 atom stereocenters. The van der Waals surface area contributed by atoms with Crippen LogP contribution in [0.25, 0.3) is 0 Å². The number of alkyl halides is 6. The summed E-state index contributed by atoms with van der Waals surface area (Å²) in [5, 5.41) is 7.96. The minimum Gasteiger partial charge on any atom is -0.363 e. The molecule has 0 aromatic carbocycles. The van der Waals surface area contributed by atoms with Crippen LogP contribution in [0, 0.1) is 0 Å². The van der Waals surface area contributed by atoms with Gasteiger partial charge in [-0.2, -0.15) is 26.3 Å². The highest BCUT2D eigenvalue weighted by Gasteiger charge is 2.71. The van der Waals surface area contributed by atoms with E-state index in [0.717, 1.165) is 0 Å². The van der Waals surface area contributed by atoms with Crippen molar-refractivity contribution in [3.05, 3.63) is 0 Å². The lowest BCUT2D eigenvalue weighted by atomic mass is 10.3. The molecule has 0 saturated heterocycles. The zero-order valence-electron chi connectivity index (χ0n) is 5.07. The van der Waals surface area contributed by atoms with Crippen LogP contribution in [0.5, 0.6) is 0 Å². The smallest absolute Gasteiger partial charge is 0.363 e. The van der Waals surface area contributed by atoms with Crippen molar-refractivity contribution in [2.24, 2.45) is 0 Å². The Hall–Kier alpha value is -0.150. The van der Waals surface area contributed by atoms with Gasteiger partial charge in [-0.25, -0.2) is 0 Å². The zero-order valence-corrected chi connectivity index (χ0v) is 5.89.